The van der Waals surface area contributed by atoms with Gasteiger partial charge in [0.15, 0.2) is 0 Å². The summed E-state index contributed by atoms with van der Waals surface area (Å²) in [4.78, 5) is 11.9. The molecule has 4 nitrogen and oxygen atoms in total. The van der Waals surface area contributed by atoms with Crippen molar-refractivity contribution < 1.29 is 9.53 Å². The third-order valence-corrected chi connectivity index (χ3v) is 5.47. The van der Waals surface area contributed by atoms with Gasteiger partial charge in [0, 0.05) is 12.6 Å². The number of amides is 1. The number of carbonyl (C=O) groups is 1. The van der Waals surface area contributed by atoms with Gasteiger partial charge in [-0.15, -0.1) is 0 Å². The summed E-state index contributed by atoms with van der Waals surface area (Å²) in [7, 11) is 1.65. The minimum absolute atomic E-state index is 0.0230. The van der Waals surface area contributed by atoms with E-state index in [1.54, 1.807) is 13.2 Å². The van der Waals surface area contributed by atoms with Gasteiger partial charge >= 0.3 is 0 Å². The number of benzene rings is 1. The molecule has 0 aliphatic rings. The molecule has 3 N–H and O–H groups in total. The summed E-state index contributed by atoms with van der Waals surface area (Å²) in [5.74, 6) is 0.798. The van der Waals surface area contributed by atoms with E-state index >= 15 is 0 Å². The molecule has 0 bridgehead atoms. The van der Waals surface area contributed by atoms with Crippen LogP contribution >= 0.6 is 0 Å². The van der Waals surface area contributed by atoms with Gasteiger partial charge in [0.25, 0.3) is 0 Å². The fraction of sp³-hybridized carbons (Fsp3) is 0.654. The molecule has 0 unspecified atom stereocenters. The summed E-state index contributed by atoms with van der Waals surface area (Å²) in [6, 6.07) is 7.66. The summed E-state index contributed by atoms with van der Waals surface area (Å²) >= 11 is 0. The SMILES string of the molecule is COc1ccc(/C=C/C(=O)NCCCCCCCCCCCCCCCCN)cc1. The third kappa shape index (κ3) is 15.1. The Balaban J connectivity index is 1.85. The first-order chi connectivity index (χ1) is 14.8. The van der Waals surface area contributed by atoms with Crippen LogP contribution in [0.4, 0.5) is 0 Å². The van der Waals surface area contributed by atoms with Crippen LogP contribution in [-0.2, 0) is 4.79 Å². The molecular formula is C26H44N2O2. The summed E-state index contributed by atoms with van der Waals surface area (Å²) in [5, 5.41) is 2.97. The second kappa shape index (κ2) is 19.2. The van der Waals surface area contributed by atoms with Crippen LogP contribution in [0.5, 0.6) is 5.75 Å². The molecule has 0 saturated carbocycles. The number of hydrogen-bond acceptors (Lipinski definition) is 3. The van der Waals surface area contributed by atoms with Gasteiger partial charge in [-0.05, 0) is 43.2 Å². The molecule has 1 amide bonds. The van der Waals surface area contributed by atoms with Crippen molar-refractivity contribution >= 4 is 12.0 Å². The zero-order valence-electron chi connectivity index (χ0n) is 19.2. The van der Waals surface area contributed by atoms with E-state index in [1.807, 2.05) is 30.3 Å². The van der Waals surface area contributed by atoms with Gasteiger partial charge in [-0.2, -0.15) is 0 Å². The molecule has 1 aromatic rings. The number of rotatable bonds is 19. The van der Waals surface area contributed by atoms with Crippen molar-refractivity contribution in [3.63, 3.8) is 0 Å². The quantitative estimate of drug-likeness (QED) is 0.207. The van der Waals surface area contributed by atoms with Gasteiger partial charge in [-0.3, -0.25) is 4.79 Å². The summed E-state index contributed by atoms with van der Waals surface area (Å²) < 4.78 is 5.13. The monoisotopic (exact) mass is 416 g/mol. The molecule has 0 saturated heterocycles. The lowest BCUT2D eigenvalue weighted by Crippen LogP contribution is -2.21. The first kappa shape index (κ1) is 26.2. The van der Waals surface area contributed by atoms with E-state index in [4.69, 9.17) is 10.5 Å². The van der Waals surface area contributed by atoms with Crippen molar-refractivity contribution in [1.82, 2.24) is 5.32 Å². The molecule has 170 valence electrons. The maximum absolute atomic E-state index is 11.9. The van der Waals surface area contributed by atoms with Crippen LogP contribution < -0.4 is 15.8 Å². The first-order valence-corrected chi connectivity index (χ1v) is 12.1. The average Bonchev–Trinajstić information content (AvgIpc) is 2.77. The third-order valence-electron chi connectivity index (χ3n) is 5.47. The molecule has 0 atom stereocenters. The highest BCUT2D eigenvalue weighted by atomic mass is 16.5. The van der Waals surface area contributed by atoms with Gasteiger partial charge in [0.05, 0.1) is 7.11 Å². The second-order valence-corrected chi connectivity index (χ2v) is 8.14. The smallest absolute Gasteiger partial charge is 0.243 e. The van der Waals surface area contributed by atoms with Crippen molar-refractivity contribution in [2.24, 2.45) is 5.73 Å². The topological polar surface area (TPSA) is 64.3 Å². The van der Waals surface area contributed by atoms with E-state index in [1.165, 1.54) is 83.5 Å². The Kier molecular flexibility index (Phi) is 16.8. The molecule has 0 radical (unpaired) electrons. The summed E-state index contributed by atoms with van der Waals surface area (Å²) in [6.45, 7) is 1.61. The van der Waals surface area contributed by atoms with Crippen LogP contribution in [0.1, 0.15) is 95.5 Å². The molecule has 30 heavy (non-hydrogen) atoms. The normalized spacial score (nSPS) is 11.1. The Labute approximate surface area is 184 Å². The van der Waals surface area contributed by atoms with Gasteiger partial charge in [-0.1, -0.05) is 89.2 Å². The van der Waals surface area contributed by atoms with Crippen LogP contribution in [0.2, 0.25) is 0 Å². The van der Waals surface area contributed by atoms with Crippen LogP contribution in [0.3, 0.4) is 0 Å². The highest BCUT2D eigenvalue weighted by Gasteiger charge is 1.97. The van der Waals surface area contributed by atoms with Gasteiger partial charge in [0.1, 0.15) is 5.75 Å². The molecule has 1 rings (SSSR count). The number of unbranched alkanes of at least 4 members (excludes halogenated alkanes) is 13. The zero-order chi connectivity index (χ0) is 21.7. The number of carbonyl (C=O) groups excluding carboxylic acids is 1. The van der Waals surface area contributed by atoms with E-state index in [2.05, 4.69) is 5.32 Å². The highest BCUT2D eigenvalue weighted by Crippen LogP contribution is 2.13. The van der Waals surface area contributed by atoms with E-state index in [0.29, 0.717) is 0 Å². The number of methoxy groups -OCH3 is 1. The predicted octanol–water partition coefficient (Wildman–Crippen LogP) is 6.24. The number of ether oxygens (including phenoxy) is 1. The Bertz CT molecular complexity index is 555. The molecule has 0 aliphatic heterocycles. The van der Waals surface area contributed by atoms with E-state index in [9.17, 15) is 4.79 Å². The average molecular weight is 417 g/mol. The molecule has 1 aromatic carbocycles. The van der Waals surface area contributed by atoms with Crippen LogP contribution in [0.25, 0.3) is 6.08 Å². The standard InChI is InChI=1S/C26H44N2O2/c1-30-25-19-16-24(17-20-25)18-21-26(29)28-23-15-13-11-9-7-5-3-2-4-6-8-10-12-14-22-27/h16-21H,2-15,22-23,27H2,1H3,(H,28,29)/b21-18+. The Hall–Kier alpha value is -1.81. The lowest BCUT2D eigenvalue weighted by molar-refractivity contribution is -0.116. The lowest BCUT2D eigenvalue weighted by atomic mass is 10.0. The second-order valence-electron chi connectivity index (χ2n) is 8.14. The first-order valence-electron chi connectivity index (χ1n) is 12.1. The maximum Gasteiger partial charge on any atom is 0.243 e. The number of hydrogen-bond donors (Lipinski definition) is 2. The summed E-state index contributed by atoms with van der Waals surface area (Å²) in [5.41, 5.74) is 6.50. The molecule has 0 aromatic heterocycles. The number of nitrogens with one attached hydrogen (secondary N) is 1. The molecule has 0 fully saturated rings. The zero-order valence-corrected chi connectivity index (χ0v) is 19.2. The molecule has 4 heteroatoms. The Morgan fingerprint density at radius 1 is 0.800 bits per heavy atom. The van der Waals surface area contributed by atoms with Crippen LogP contribution in [-0.4, -0.2) is 26.1 Å². The van der Waals surface area contributed by atoms with Gasteiger partial charge in [-0.25, -0.2) is 0 Å². The predicted molar refractivity (Wildman–Crippen MR) is 129 cm³/mol. The van der Waals surface area contributed by atoms with Crippen LogP contribution in [0, 0.1) is 0 Å². The lowest BCUT2D eigenvalue weighted by Gasteiger charge is -2.04. The molecular weight excluding hydrogens is 372 g/mol. The van der Waals surface area contributed by atoms with E-state index < -0.39 is 0 Å². The van der Waals surface area contributed by atoms with Crippen molar-refractivity contribution in [2.45, 2.75) is 89.9 Å². The highest BCUT2D eigenvalue weighted by molar-refractivity contribution is 5.91. The summed E-state index contributed by atoms with van der Waals surface area (Å²) in [6.07, 6.45) is 21.8. The Morgan fingerprint density at radius 3 is 1.73 bits per heavy atom. The molecule has 0 aliphatic carbocycles. The van der Waals surface area contributed by atoms with Crippen LogP contribution in [0.15, 0.2) is 30.3 Å². The van der Waals surface area contributed by atoms with E-state index in [0.717, 1.165) is 30.8 Å². The van der Waals surface area contributed by atoms with Crippen molar-refractivity contribution in [2.75, 3.05) is 20.2 Å². The Morgan fingerprint density at radius 2 is 1.27 bits per heavy atom. The van der Waals surface area contributed by atoms with Crippen molar-refractivity contribution in [3.8, 4) is 5.75 Å². The van der Waals surface area contributed by atoms with Crippen molar-refractivity contribution in [1.29, 1.82) is 0 Å². The minimum atomic E-state index is -0.0230. The fourth-order valence-electron chi connectivity index (χ4n) is 3.55. The molecule has 0 heterocycles. The largest absolute Gasteiger partial charge is 0.497 e. The number of nitrogens with two attached hydrogens (primary N) is 1. The van der Waals surface area contributed by atoms with E-state index in [-0.39, 0.29) is 5.91 Å². The minimum Gasteiger partial charge on any atom is -0.497 e. The van der Waals surface area contributed by atoms with Crippen molar-refractivity contribution in [3.05, 3.63) is 35.9 Å². The maximum atomic E-state index is 11.9. The fourth-order valence-corrected chi connectivity index (χ4v) is 3.55. The van der Waals surface area contributed by atoms with Gasteiger partial charge in [0.2, 0.25) is 5.91 Å². The van der Waals surface area contributed by atoms with Gasteiger partial charge < -0.3 is 15.8 Å². The molecule has 0 spiro atoms.